The summed E-state index contributed by atoms with van der Waals surface area (Å²) in [6.07, 6.45) is -6.38. The SMILES string of the molecule is O=C(NN=Cc1ccccc1Cl)C(O)C(O)C(O)C(O)CO. The van der Waals surface area contributed by atoms with Gasteiger partial charge in [0, 0.05) is 10.6 Å². The fraction of sp³-hybridized carbons (Fsp3) is 0.385. The third-order valence-electron chi connectivity index (χ3n) is 2.81. The number of aliphatic hydroxyl groups is 5. The van der Waals surface area contributed by atoms with E-state index in [1.807, 2.05) is 5.43 Å². The molecule has 1 rings (SSSR count). The minimum absolute atomic E-state index is 0.405. The third-order valence-corrected chi connectivity index (χ3v) is 3.15. The smallest absolute Gasteiger partial charge is 0.271 e. The van der Waals surface area contributed by atoms with E-state index in [0.29, 0.717) is 10.6 Å². The Bertz CT molecular complexity index is 527. The van der Waals surface area contributed by atoms with Crippen LogP contribution in [0.4, 0.5) is 0 Å². The number of nitrogens with zero attached hydrogens (tertiary/aromatic N) is 1. The summed E-state index contributed by atoms with van der Waals surface area (Å²) in [5.74, 6) is -1.10. The van der Waals surface area contributed by atoms with Gasteiger partial charge in [-0.25, -0.2) is 5.43 Å². The van der Waals surface area contributed by atoms with Crippen LogP contribution in [0.15, 0.2) is 29.4 Å². The van der Waals surface area contributed by atoms with Crippen molar-refractivity contribution < 1.29 is 30.3 Å². The number of amides is 1. The molecule has 122 valence electrons. The molecule has 0 bridgehead atoms. The first-order valence-electron chi connectivity index (χ1n) is 6.29. The predicted molar refractivity (Wildman–Crippen MR) is 78.3 cm³/mol. The van der Waals surface area contributed by atoms with Crippen LogP contribution >= 0.6 is 11.6 Å². The van der Waals surface area contributed by atoms with Crippen LogP contribution in [0, 0.1) is 0 Å². The van der Waals surface area contributed by atoms with Gasteiger partial charge in [-0.2, -0.15) is 5.10 Å². The Hall–Kier alpha value is -1.55. The number of benzene rings is 1. The molecule has 4 atom stereocenters. The molecule has 6 N–H and O–H groups in total. The maximum atomic E-state index is 11.6. The number of hydrogen-bond donors (Lipinski definition) is 6. The van der Waals surface area contributed by atoms with Crippen LogP contribution in [0.3, 0.4) is 0 Å². The molecule has 1 aromatic rings. The Balaban J connectivity index is 2.59. The number of hydrazone groups is 1. The summed E-state index contributed by atoms with van der Waals surface area (Å²) >= 11 is 5.87. The van der Waals surface area contributed by atoms with Crippen molar-refractivity contribution in [2.45, 2.75) is 24.4 Å². The van der Waals surface area contributed by atoms with Crippen molar-refractivity contribution >= 4 is 23.7 Å². The lowest BCUT2D eigenvalue weighted by atomic mass is 10.0. The Kier molecular flexibility index (Phi) is 7.39. The highest BCUT2D eigenvalue weighted by Crippen LogP contribution is 2.12. The molecule has 22 heavy (non-hydrogen) atoms. The van der Waals surface area contributed by atoms with Crippen molar-refractivity contribution in [1.29, 1.82) is 0 Å². The monoisotopic (exact) mass is 332 g/mol. The van der Waals surface area contributed by atoms with E-state index in [-0.39, 0.29) is 0 Å². The van der Waals surface area contributed by atoms with E-state index in [9.17, 15) is 20.1 Å². The molecule has 1 aromatic carbocycles. The zero-order chi connectivity index (χ0) is 16.7. The molecular weight excluding hydrogens is 316 g/mol. The van der Waals surface area contributed by atoms with Gasteiger partial charge in [0.15, 0.2) is 6.10 Å². The first-order chi connectivity index (χ1) is 10.4. The number of halogens is 1. The zero-order valence-corrected chi connectivity index (χ0v) is 12.1. The van der Waals surface area contributed by atoms with Gasteiger partial charge in [0.1, 0.15) is 18.3 Å². The summed E-state index contributed by atoms with van der Waals surface area (Å²) in [5.41, 5.74) is 2.48. The van der Waals surface area contributed by atoms with Gasteiger partial charge in [-0.3, -0.25) is 4.79 Å². The van der Waals surface area contributed by atoms with Crippen molar-refractivity contribution in [2.24, 2.45) is 5.10 Å². The summed E-state index contributed by atoms with van der Waals surface area (Å²) in [5, 5.41) is 50.2. The van der Waals surface area contributed by atoms with Crippen molar-refractivity contribution in [3.8, 4) is 0 Å². The predicted octanol–water partition coefficient (Wildman–Crippen LogP) is -1.77. The lowest BCUT2D eigenvalue weighted by Crippen LogP contribution is -2.50. The molecule has 0 saturated heterocycles. The van der Waals surface area contributed by atoms with Gasteiger partial charge in [-0.1, -0.05) is 29.8 Å². The first kappa shape index (κ1) is 18.5. The number of aliphatic hydroxyl groups excluding tert-OH is 5. The Morgan fingerprint density at radius 1 is 1.23 bits per heavy atom. The molecule has 1 amide bonds. The van der Waals surface area contributed by atoms with E-state index in [2.05, 4.69) is 5.10 Å². The molecule has 0 fully saturated rings. The zero-order valence-electron chi connectivity index (χ0n) is 11.4. The van der Waals surface area contributed by atoms with Crippen LogP contribution in [0.1, 0.15) is 5.56 Å². The minimum Gasteiger partial charge on any atom is -0.394 e. The van der Waals surface area contributed by atoms with Crippen molar-refractivity contribution in [2.75, 3.05) is 6.61 Å². The quantitative estimate of drug-likeness (QED) is 0.257. The Morgan fingerprint density at radius 2 is 1.86 bits per heavy atom. The highest BCUT2D eigenvalue weighted by atomic mass is 35.5. The normalized spacial score (nSPS) is 17.0. The van der Waals surface area contributed by atoms with E-state index >= 15 is 0 Å². The summed E-state index contributed by atoms with van der Waals surface area (Å²) in [4.78, 5) is 11.6. The first-order valence-corrected chi connectivity index (χ1v) is 6.66. The topological polar surface area (TPSA) is 143 Å². The second-order valence-electron chi connectivity index (χ2n) is 4.43. The van der Waals surface area contributed by atoms with Crippen LogP contribution < -0.4 is 5.43 Å². The number of carbonyl (C=O) groups is 1. The van der Waals surface area contributed by atoms with E-state index in [4.69, 9.17) is 21.8 Å². The molecule has 0 heterocycles. The van der Waals surface area contributed by atoms with E-state index in [0.717, 1.165) is 0 Å². The minimum atomic E-state index is -2.04. The maximum absolute atomic E-state index is 11.6. The Morgan fingerprint density at radius 3 is 2.45 bits per heavy atom. The molecule has 0 saturated carbocycles. The third kappa shape index (κ3) is 5.02. The number of carbonyl (C=O) groups excluding carboxylic acids is 1. The van der Waals surface area contributed by atoms with Crippen LogP contribution in [0.2, 0.25) is 5.02 Å². The van der Waals surface area contributed by atoms with E-state index in [1.165, 1.54) is 6.21 Å². The van der Waals surface area contributed by atoms with Crippen LogP contribution in [0.5, 0.6) is 0 Å². The highest BCUT2D eigenvalue weighted by molar-refractivity contribution is 6.33. The molecule has 9 heteroatoms. The maximum Gasteiger partial charge on any atom is 0.271 e. The molecule has 4 unspecified atom stereocenters. The molecule has 0 aromatic heterocycles. The summed E-state index contributed by atoms with van der Waals surface area (Å²) in [6, 6.07) is 6.69. The lowest BCUT2D eigenvalue weighted by molar-refractivity contribution is -0.148. The summed E-state index contributed by atoms with van der Waals surface area (Å²) in [7, 11) is 0. The van der Waals surface area contributed by atoms with Gasteiger partial charge in [-0.05, 0) is 6.07 Å². The average molecular weight is 333 g/mol. The van der Waals surface area contributed by atoms with Gasteiger partial charge >= 0.3 is 0 Å². The van der Waals surface area contributed by atoms with Crippen molar-refractivity contribution in [3.63, 3.8) is 0 Å². The molecule has 0 aliphatic rings. The van der Waals surface area contributed by atoms with Gasteiger partial charge in [0.25, 0.3) is 5.91 Å². The van der Waals surface area contributed by atoms with Crippen LogP contribution in [0.25, 0.3) is 0 Å². The van der Waals surface area contributed by atoms with Crippen molar-refractivity contribution in [1.82, 2.24) is 5.43 Å². The standard InChI is InChI=1S/C13H17ClN2O6/c14-8-4-2-1-3-7(8)5-15-16-13(22)12(21)11(20)10(19)9(18)6-17/h1-5,9-12,17-21H,6H2,(H,16,22). The lowest BCUT2D eigenvalue weighted by Gasteiger charge is -2.24. The van der Waals surface area contributed by atoms with Crippen molar-refractivity contribution in [3.05, 3.63) is 34.9 Å². The largest absolute Gasteiger partial charge is 0.394 e. The van der Waals surface area contributed by atoms with Gasteiger partial charge < -0.3 is 25.5 Å². The summed E-state index contributed by atoms with van der Waals surface area (Å²) in [6.45, 7) is -0.836. The summed E-state index contributed by atoms with van der Waals surface area (Å²) < 4.78 is 0. The molecule has 0 aliphatic carbocycles. The van der Waals surface area contributed by atoms with Crippen LogP contribution in [-0.2, 0) is 4.79 Å². The van der Waals surface area contributed by atoms with E-state index in [1.54, 1.807) is 24.3 Å². The molecule has 0 aliphatic heterocycles. The molecular formula is C13H17ClN2O6. The molecule has 0 radical (unpaired) electrons. The van der Waals surface area contributed by atoms with Crippen LogP contribution in [-0.4, -0.2) is 68.7 Å². The second-order valence-corrected chi connectivity index (χ2v) is 4.84. The van der Waals surface area contributed by atoms with E-state index < -0.39 is 36.9 Å². The molecule has 0 spiro atoms. The number of hydrogen-bond acceptors (Lipinski definition) is 7. The fourth-order valence-electron chi connectivity index (χ4n) is 1.49. The average Bonchev–Trinajstić information content (AvgIpc) is 2.53. The molecule has 8 nitrogen and oxygen atoms in total. The van der Waals surface area contributed by atoms with Gasteiger partial charge in [0.2, 0.25) is 0 Å². The number of nitrogens with one attached hydrogen (secondary N) is 1. The fourth-order valence-corrected chi connectivity index (χ4v) is 1.67. The van der Waals surface area contributed by atoms with Gasteiger partial charge in [-0.15, -0.1) is 0 Å². The Labute approximate surface area is 131 Å². The second kappa shape index (κ2) is 8.79. The number of rotatable bonds is 7. The highest BCUT2D eigenvalue weighted by Gasteiger charge is 2.34. The van der Waals surface area contributed by atoms with Gasteiger partial charge in [0.05, 0.1) is 12.8 Å².